The summed E-state index contributed by atoms with van der Waals surface area (Å²) in [6, 6.07) is 6.03. The molecule has 1 heterocycles. The topological polar surface area (TPSA) is 60.2 Å². The highest BCUT2D eigenvalue weighted by Gasteiger charge is 2.23. The molecule has 3 nitrogen and oxygen atoms in total. The molecule has 18 heavy (non-hydrogen) atoms. The summed E-state index contributed by atoms with van der Waals surface area (Å²) in [6.45, 7) is 2.01. The van der Waals surface area contributed by atoms with Gasteiger partial charge in [-0.1, -0.05) is 12.1 Å². The molecular weight excluding hydrogens is 246 g/mol. The first-order valence-electron chi connectivity index (χ1n) is 6.59. The molecule has 1 aromatic rings. The summed E-state index contributed by atoms with van der Waals surface area (Å²) in [5, 5.41) is 0. The fourth-order valence-electron chi connectivity index (χ4n) is 2.48. The lowest BCUT2D eigenvalue weighted by Crippen LogP contribution is -2.16. The van der Waals surface area contributed by atoms with Crippen molar-refractivity contribution in [3.63, 3.8) is 0 Å². The van der Waals surface area contributed by atoms with Crippen LogP contribution in [0.4, 0.5) is 0 Å². The highest BCUT2D eigenvalue weighted by atomic mass is 32.2. The Morgan fingerprint density at radius 1 is 1.39 bits per heavy atom. The van der Waals surface area contributed by atoms with Gasteiger partial charge in [-0.2, -0.15) is 0 Å². The van der Waals surface area contributed by atoms with E-state index in [0.717, 1.165) is 37.7 Å². The van der Waals surface area contributed by atoms with E-state index in [4.69, 9.17) is 5.73 Å². The summed E-state index contributed by atoms with van der Waals surface area (Å²) in [4.78, 5) is 0.546. The zero-order valence-electron chi connectivity index (χ0n) is 10.9. The zero-order chi connectivity index (χ0) is 13.2. The third kappa shape index (κ3) is 3.12. The quantitative estimate of drug-likeness (QED) is 0.908. The summed E-state index contributed by atoms with van der Waals surface area (Å²) in [7, 11) is -3.01. The maximum absolute atomic E-state index is 11.9. The Morgan fingerprint density at radius 3 is 2.89 bits per heavy atom. The third-order valence-corrected chi connectivity index (χ3v) is 5.34. The number of hydrogen-bond acceptors (Lipinski definition) is 3. The van der Waals surface area contributed by atoms with Gasteiger partial charge in [0.15, 0.2) is 9.84 Å². The van der Waals surface area contributed by atoms with Gasteiger partial charge in [0.05, 0.1) is 10.6 Å². The molecule has 0 aromatic heterocycles. The van der Waals surface area contributed by atoms with Crippen LogP contribution < -0.4 is 5.73 Å². The first-order chi connectivity index (χ1) is 8.49. The van der Waals surface area contributed by atoms with E-state index in [-0.39, 0.29) is 6.04 Å². The first kappa shape index (κ1) is 13.6. The van der Waals surface area contributed by atoms with E-state index >= 15 is 0 Å². The number of nitrogens with two attached hydrogens (primary N) is 1. The molecule has 1 atom stereocenters. The molecular formula is C14H21NO2S. The van der Waals surface area contributed by atoms with Crippen LogP contribution in [0, 0.1) is 0 Å². The van der Waals surface area contributed by atoms with Crippen LogP contribution >= 0.6 is 0 Å². The zero-order valence-corrected chi connectivity index (χ0v) is 11.7. The Labute approximate surface area is 109 Å². The summed E-state index contributed by atoms with van der Waals surface area (Å²) in [6.07, 6.45) is 4.68. The third-order valence-electron chi connectivity index (χ3n) is 3.44. The number of sulfone groups is 1. The second kappa shape index (κ2) is 5.41. The Morgan fingerprint density at radius 2 is 2.17 bits per heavy atom. The smallest absolute Gasteiger partial charge is 0.178 e. The molecule has 1 aliphatic heterocycles. The number of aryl methyl sites for hydroxylation is 2. The van der Waals surface area contributed by atoms with Crippen molar-refractivity contribution in [3.8, 4) is 0 Å². The van der Waals surface area contributed by atoms with Crippen LogP contribution in [0.2, 0.25) is 0 Å². The minimum atomic E-state index is -3.01. The highest BCUT2D eigenvalue weighted by Crippen LogP contribution is 2.26. The number of hydrogen-bond donors (Lipinski definition) is 1. The van der Waals surface area contributed by atoms with Crippen LogP contribution in [-0.4, -0.2) is 20.2 Å². The fourth-order valence-corrected chi connectivity index (χ4v) is 4.06. The van der Waals surface area contributed by atoms with E-state index in [1.54, 1.807) is 6.07 Å². The van der Waals surface area contributed by atoms with Gasteiger partial charge >= 0.3 is 0 Å². The van der Waals surface area contributed by atoms with E-state index in [1.165, 1.54) is 5.56 Å². The lowest BCUT2D eigenvalue weighted by Gasteiger charge is -2.17. The lowest BCUT2D eigenvalue weighted by molar-refractivity contribution is 0.586. The van der Waals surface area contributed by atoms with Crippen molar-refractivity contribution in [2.24, 2.45) is 5.73 Å². The Kier molecular flexibility index (Phi) is 4.07. The fraction of sp³-hybridized carbons (Fsp3) is 0.571. The monoisotopic (exact) mass is 267 g/mol. The van der Waals surface area contributed by atoms with Gasteiger partial charge < -0.3 is 5.73 Å². The van der Waals surface area contributed by atoms with Crippen molar-refractivity contribution in [1.82, 2.24) is 0 Å². The molecule has 0 radical (unpaired) electrons. The average molecular weight is 267 g/mol. The summed E-state index contributed by atoms with van der Waals surface area (Å²) in [5.41, 5.74) is 7.95. The molecule has 4 heteroatoms. The van der Waals surface area contributed by atoms with Gasteiger partial charge in [-0.3, -0.25) is 0 Å². The maximum atomic E-state index is 11.9. The molecule has 0 saturated heterocycles. The van der Waals surface area contributed by atoms with Crippen molar-refractivity contribution >= 4 is 9.84 Å². The summed E-state index contributed by atoms with van der Waals surface area (Å²) in [5.74, 6) is 0.296. The van der Waals surface area contributed by atoms with Gasteiger partial charge in [-0.15, -0.1) is 0 Å². The Balaban J connectivity index is 2.13. The standard InChI is InChI=1S/C14H21NO2S/c1-11(15)4-2-5-12-7-8-14-13(10-12)6-3-9-18(14,16)17/h7-8,10-11H,2-6,9,15H2,1H3. The molecule has 2 rings (SSSR count). The average Bonchev–Trinajstić information content (AvgIpc) is 2.27. The number of rotatable bonds is 4. The Hall–Kier alpha value is -0.870. The normalized spacial score (nSPS) is 19.2. The summed E-state index contributed by atoms with van der Waals surface area (Å²) >= 11 is 0. The molecule has 0 spiro atoms. The molecule has 0 saturated carbocycles. The van der Waals surface area contributed by atoms with E-state index in [9.17, 15) is 8.42 Å². The highest BCUT2D eigenvalue weighted by molar-refractivity contribution is 7.91. The maximum Gasteiger partial charge on any atom is 0.178 e. The van der Waals surface area contributed by atoms with Crippen LogP contribution in [0.5, 0.6) is 0 Å². The van der Waals surface area contributed by atoms with Crippen molar-refractivity contribution in [2.45, 2.75) is 50.0 Å². The molecule has 1 unspecified atom stereocenters. The van der Waals surface area contributed by atoms with Crippen molar-refractivity contribution in [3.05, 3.63) is 29.3 Å². The van der Waals surface area contributed by atoms with E-state index < -0.39 is 9.84 Å². The molecule has 0 fully saturated rings. The summed E-state index contributed by atoms with van der Waals surface area (Å²) < 4.78 is 23.7. The van der Waals surface area contributed by atoms with E-state index in [2.05, 4.69) is 6.07 Å². The van der Waals surface area contributed by atoms with Crippen molar-refractivity contribution in [1.29, 1.82) is 0 Å². The molecule has 0 amide bonds. The van der Waals surface area contributed by atoms with Crippen LogP contribution in [0.1, 0.15) is 37.3 Å². The number of fused-ring (bicyclic) bond motifs is 1. The lowest BCUT2D eigenvalue weighted by atomic mass is 10.0. The van der Waals surface area contributed by atoms with Crippen molar-refractivity contribution in [2.75, 3.05) is 5.75 Å². The van der Waals surface area contributed by atoms with E-state index in [1.807, 2.05) is 13.0 Å². The van der Waals surface area contributed by atoms with Crippen LogP contribution in [0.15, 0.2) is 23.1 Å². The molecule has 1 aliphatic rings. The van der Waals surface area contributed by atoms with Crippen LogP contribution in [0.3, 0.4) is 0 Å². The van der Waals surface area contributed by atoms with Gasteiger partial charge in [0.25, 0.3) is 0 Å². The molecule has 100 valence electrons. The van der Waals surface area contributed by atoms with Crippen LogP contribution in [-0.2, 0) is 22.7 Å². The first-order valence-corrected chi connectivity index (χ1v) is 8.24. The second-order valence-electron chi connectivity index (χ2n) is 5.23. The Bertz CT molecular complexity index is 521. The van der Waals surface area contributed by atoms with Gasteiger partial charge in [0.1, 0.15) is 0 Å². The van der Waals surface area contributed by atoms with Gasteiger partial charge in [0.2, 0.25) is 0 Å². The number of benzene rings is 1. The molecule has 0 bridgehead atoms. The molecule has 2 N–H and O–H groups in total. The second-order valence-corrected chi connectivity index (χ2v) is 7.31. The van der Waals surface area contributed by atoms with Gasteiger partial charge in [0, 0.05) is 6.04 Å². The molecule has 1 aromatic carbocycles. The van der Waals surface area contributed by atoms with Crippen molar-refractivity contribution < 1.29 is 8.42 Å². The van der Waals surface area contributed by atoms with E-state index in [0.29, 0.717) is 10.6 Å². The SMILES string of the molecule is CC(N)CCCc1ccc2c(c1)CCCS2(=O)=O. The minimum Gasteiger partial charge on any atom is -0.328 e. The van der Waals surface area contributed by atoms with Crippen LogP contribution in [0.25, 0.3) is 0 Å². The predicted octanol–water partition coefficient (Wildman–Crippen LogP) is 2.08. The predicted molar refractivity (Wildman–Crippen MR) is 73.4 cm³/mol. The van der Waals surface area contributed by atoms with Gasteiger partial charge in [-0.25, -0.2) is 8.42 Å². The van der Waals surface area contributed by atoms with Gasteiger partial charge in [-0.05, 0) is 56.2 Å². The largest absolute Gasteiger partial charge is 0.328 e. The minimum absolute atomic E-state index is 0.239. The molecule has 0 aliphatic carbocycles.